The van der Waals surface area contributed by atoms with Crippen molar-refractivity contribution in [3.05, 3.63) is 47.5 Å². The molecule has 0 spiro atoms. The Morgan fingerprint density at radius 1 is 0.510 bits per heavy atom. The van der Waals surface area contributed by atoms with Crippen molar-refractivity contribution in [3.8, 4) is 11.5 Å². The van der Waals surface area contributed by atoms with Crippen LogP contribution in [0, 0.1) is 0 Å². The third-order valence-electron chi connectivity index (χ3n) is 8.62. The molecule has 276 valence electrons. The summed E-state index contributed by atoms with van der Waals surface area (Å²) in [6, 6.07) is 7.72. The van der Waals surface area contributed by atoms with Crippen molar-refractivity contribution >= 4 is 58.0 Å². The molecule has 2 rings (SSSR count). The van der Waals surface area contributed by atoms with Gasteiger partial charge in [-0.25, -0.2) is 8.42 Å². The Morgan fingerprint density at radius 2 is 0.857 bits per heavy atom. The molecule has 11 heteroatoms. The van der Waals surface area contributed by atoms with Crippen molar-refractivity contribution in [3.63, 3.8) is 0 Å². The summed E-state index contributed by atoms with van der Waals surface area (Å²) in [6.45, 7) is 4.47. The summed E-state index contributed by atoms with van der Waals surface area (Å²) in [6.07, 6.45) is 28.9. The largest absolute Gasteiger partial charge is 2.00 e. The molecule has 0 aliphatic rings. The Balaban J connectivity index is 0.000000922. The molecular weight excluding hydrogens is 689 g/mol. The van der Waals surface area contributed by atoms with Crippen LogP contribution in [0.5, 0.6) is 11.5 Å². The molecule has 0 unspecified atom stereocenters. The SMILES string of the molecule is CCCCCCCCCCCCCc1cc(O)cc(S(=O)(=O)O)c1.CCCCCCCCCCCCCc1cc([O-])cc(S(=O)(=O)[O-])c1.[Ca+2]. The molecule has 0 atom stereocenters. The van der Waals surface area contributed by atoms with Gasteiger partial charge in [0, 0.05) is 6.07 Å². The van der Waals surface area contributed by atoms with E-state index in [9.17, 15) is 31.6 Å². The van der Waals surface area contributed by atoms with Crippen LogP contribution >= 0.6 is 0 Å². The molecule has 0 radical (unpaired) electrons. The number of hydrogen-bond donors (Lipinski definition) is 2. The quantitative estimate of drug-likeness (QED) is 0.0547. The fraction of sp³-hybridized carbons (Fsp3) is 0.684. The first-order valence-electron chi connectivity index (χ1n) is 18.4. The van der Waals surface area contributed by atoms with Gasteiger partial charge in [0.2, 0.25) is 0 Å². The molecule has 0 saturated heterocycles. The smallest absolute Gasteiger partial charge is 0.872 e. The minimum absolute atomic E-state index is 0. The molecule has 0 aliphatic heterocycles. The molecule has 0 saturated carbocycles. The maximum Gasteiger partial charge on any atom is 2.00 e. The van der Waals surface area contributed by atoms with Gasteiger partial charge in [-0.1, -0.05) is 154 Å². The first kappa shape index (κ1) is 48.1. The second-order valence-corrected chi connectivity index (χ2v) is 15.9. The molecule has 0 fully saturated rings. The number of phenols is 1. The number of hydrogen-bond acceptors (Lipinski definition) is 7. The number of aromatic hydroxyl groups is 1. The monoisotopic (exact) mass is 750 g/mol. The van der Waals surface area contributed by atoms with Crippen molar-refractivity contribution in [2.75, 3.05) is 0 Å². The zero-order valence-electron chi connectivity index (χ0n) is 30.3. The average molecular weight is 751 g/mol. The van der Waals surface area contributed by atoms with Crippen molar-refractivity contribution in [2.24, 2.45) is 0 Å². The van der Waals surface area contributed by atoms with Crippen molar-refractivity contribution in [1.82, 2.24) is 0 Å². The maximum absolute atomic E-state index is 11.5. The normalized spacial score (nSPS) is 11.5. The van der Waals surface area contributed by atoms with E-state index in [1.807, 2.05) is 0 Å². The molecular formula is C38H62CaO8S2. The molecule has 0 aromatic heterocycles. The second-order valence-electron chi connectivity index (χ2n) is 13.1. The number of unbranched alkanes of at least 4 members (excludes halogenated alkanes) is 20. The predicted molar refractivity (Wildman–Crippen MR) is 198 cm³/mol. The van der Waals surface area contributed by atoms with Crippen LogP contribution < -0.4 is 5.11 Å². The van der Waals surface area contributed by atoms with Gasteiger partial charge in [-0.15, -0.1) is 5.75 Å². The number of phenolic OH excluding ortho intramolecular Hbond substituents is 1. The van der Waals surface area contributed by atoms with E-state index in [0.717, 1.165) is 43.4 Å². The Kier molecular flexibility index (Phi) is 28.2. The maximum atomic E-state index is 11.5. The Morgan fingerprint density at radius 3 is 1.22 bits per heavy atom. The van der Waals surface area contributed by atoms with E-state index in [1.54, 1.807) is 6.07 Å². The Labute approximate surface area is 328 Å². The zero-order valence-corrected chi connectivity index (χ0v) is 34.1. The van der Waals surface area contributed by atoms with Gasteiger partial charge in [-0.05, 0) is 55.0 Å². The van der Waals surface area contributed by atoms with Crippen LogP contribution in [-0.2, 0) is 33.1 Å². The number of aryl methyl sites for hydroxylation is 2. The molecule has 8 nitrogen and oxygen atoms in total. The minimum atomic E-state index is -4.55. The van der Waals surface area contributed by atoms with Crippen LogP contribution in [0.1, 0.15) is 166 Å². The topological polar surface area (TPSA) is 155 Å². The van der Waals surface area contributed by atoms with E-state index in [4.69, 9.17) is 4.55 Å². The summed E-state index contributed by atoms with van der Waals surface area (Å²) in [7, 11) is -8.81. The molecule has 0 heterocycles. The summed E-state index contributed by atoms with van der Waals surface area (Å²) in [5.74, 6) is -0.534. The predicted octanol–water partition coefficient (Wildman–Crippen LogP) is 9.63. The number of rotatable bonds is 26. The average Bonchev–Trinajstić information content (AvgIpc) is 3.01. The first-order chi connectivity index (χ1) is 22.9. The summed E-state index contributed by atoms with van der Waals surface area (Å²) in [5, 5.41) is 21.0. The third kappa shape index (κ3) is 25.7. The van der Waals surface area contributed by atoms with Gasteiger partial charge in [0.15, 0.2) is 0 Å². The summed E-state index contributed by atoms with van der Waals surface area (Å²) >= 11 is 0. The zero-order chi connectivity index (χ0) is 35.7. The molecule has 2 aromatic rings. The van der Waals surface area contributed by atoms with Crippen LogP contribution in [0.3, 0.4) is 0 Å². The molecule has 49 heavy (non-hydrogen) atoms. The van der Waals surface area contributed by atoms with Crippen molar-refractivity contribution in [2.45, 2.75) is 178 Å². The van der Waals surface area contributed by atoms with E-state index >= 15 is 0 Å². The molecule has 0 aliphatic carbocycles. The van der Waals surface area contributed by atoms with E-state index in [1.165, 1.54) is 134 Å². The second kappa shape index (κ2) is 28.7. The summed E-state index contributed by atoms with van der Waals surface area (Å²) in [5.41, 5.74) is 1.39. The van der Waals surface area contributed by atoms with Crippen LogP contribution in [0.15, 0.2) is 46.2 Å². The van der Waals surface area contributed by atoms with Crippen LogP contribution in [-0.4, -0.2) is 68.8 Å². The standard InChI is InChI=1S/2C19H32O4S.Ca/c2*1-2-3-4-5-6-7-8-9-10-11-12-13-17-14-18(20)16-19(15-17)24(21,22)23;/h2*14-16,20H,2-13H2,1H3,(H,21,22,23);/q;;+2/p-2. The van der Waals surface area contributed by atoms with Crippen LogP contribution in [0.25, 0.3) is 0 Å². The number of benzene rings is 2. The van der Waals surface area contributed by atoms with E-state index in [-0.39, 0.29) is 48.4 Å². The fourth-order valence-electron chi connectivity index (χ4n) is 5.84. The fourth-order valence-corrected chi connectivity index (χ4v) is 6.97. The summed E-state index contributed by atoms with van der Waals surface area (Å²) in [4.78, 5) is -0.645. The van der Waals surface area contributed by atoms with Gasteiger partial charge in [0.05, 0.1) is 9.79 Å². The Bertz CT molecular complexity index is 1240. The van der Waals surface area contributed by atoms with E-state index < -0.39 is 30.9 Å². The van der Waals surface area contributed by atoms with Gasteiger partial charge in [0.1, 0.15) is 15.9 Å². The van der Waals surface area contributed by atoms with Crippen LogP contribution in [0.4, 0.5) is 0 Å². The molecule has 0 bridgehead atoms. The summed E-state index contributed by atoms with van der Waals surface area (Å²) < 4.78 is 64.3. The van der Waals surface area contributed by atoms with Crippen molar-refractivity contribution < 1.29 is 36.2 Å². The van der Waals surface area contributed by atoms with Gasteiger partial charge in [-0.2, -0.15) is 8.42 Å². The Hall–Kier alpha value is -0.880. The van der Waals surface area contributed by atoms with Crippen molar-refractivity contribution in [1.29, 1.82) is 0 Å². The third-order valence-corrected chi connectivity index (χ3v) is 10.3. The van der Waals surface area contributed by atoms with Crippen LogP contribution in [0.2, 0.25) is 0 Å². The molecule has 2 aromatic carbocycles. The van der Waals surface area contributed by atoms with Gasteiger partial charge in [-0.3, -0.25) is 4.55 Å². The minimum Gasteiger partial charge on any atom is -0.872 e. The molecule has 2 N–H and O–H groups in total. The molecule has 0 amide bonds. The van der Waals surface area contributed by atoms with Gasteiger partial charge in [0.25, 0.3) is 10.1 Å². The van der Waals surface area contributed by atoms with E-state index in [2.05, 4.69) is 13.8 Å². The van der Waals surface area contributed by atoms with E-state index in [0.29, 0.717) is 18.4 Å². The van der Waals surface area contributed by atoms with Gasteiger partial charge < -0.3 is 14.8 Å². The van der Waals surface area contributed by atoms with Gasteiger partial charge >= 0.3 is 37.7 Å². The first-order valence-corrected chi connectivity index (χ1v) is 21.3.